The molecule has 1 N–H and O–H groups in total. The van der Waals surface area contributed by atoms with E-state index in [0.29, 0.717) is 52.4 Å². The van der Waals surface area contributed by atoms with E-state index in [1.165, 1.54) is 6.07 Å². The average molecular weight is 503 g/mol. The summed E-state index contributed by atoms with van der Waals surface area (Å²) < 4.78 is 10.4. The van der Waals surface area contributed by atoms with Crippen molar-refractivity contribution in [1.29, 1.82) is 0 Å². The number of hydrogen-bond acceptors (Lipinski definition) is 7. The number of aromatic nitrogens is 2. The number of halogens is 2. The number of ether oxygens (including phenoxy) is 1. The van der Waals surface area contributed by atoms with E-state index in [4.69, 9.17) is 32.5 Å². The Balaban J connectivity index is 1.29. The van der Waals surface area contributed by atoms with Gasteiger partial charge in [-0.1, -0.05) is 40.5 Å². The van der Waals surface area contributed by atoms with Crippen LogP contribution < -0.4 is 5.32 Å². The van der Waals surface area contributed by atoms with Crippen LogP contribution in [-0.4, -0.2) is 46.6 Å². The van der Waals surface area contributed by atoms with Gasteiger partial charge in [0, 0.05) is 11.5 Å². The topological polar surface area (TPSA) is 97.6 Å². The predicted octanol–water partition coefficient (Wildman–Crippen LogP) is 5.07. The molecular weight excluding hydrogens is 479 g/mol. The molecule has 1 amide bonds. The fourth-order valence-electron chi connectivity index (χ4n) is 3.81. The Hall–Kier alpha value is -2.94. The van der Waals surface area contributed by atoms with Gasteiger partial charge in [0.05, 0.1) is 34.4 Å². The van der Waals surface area contributed by atoms with Gasteiger partial charge in [-0.05, 0) is 63.2 Å². The monoisotopic (exact) mass is 502 g/mol. The first-order valence-electron chi connectivity index (χ1n) is 11.0. The van der Waals surface area contributed by atoms with Gasteiger partial charge in [0.25, 0.3) is 0 Å². The molecule has 0 radical (unpaired) electrons. The normalized spacial score (nSPS) is 14.7. The van der Waals surface area contributed by atoms with E-state index >= 15 is 0 Å². The molecule has 178 valence electrons. The molecule has 34 heavy (non-hydrogen) atoms. The van der Waals surface area contributed by atoms with Crippen molar-refractivity contribution in [2.75, 3.05) is 25.0 Å². The molecule has 0 aliphatic carbocycles. The van der Waals surface area contributed by atoms with Gasteiger partial charge in [0.1, 0.15) is 0 Å². The number of piperidine rings is 1. The number of amides is 1. The molecule has 2 heterocycles. The highest BCUT2D eigenvalue weighted by atomic mass is 35.5. The summed E-state index contributed by atoms with van der Waals surface area (Å²) in [6, 6.07) is 12.0. The van der Waals surface area contributed by atoms with Gasteiger partial charge in [0.2, 0.25) is 17.6 Å². The van der Waals surface area contributed by atoms with E-state index in [-0.39, 0.29) is 18.4 Å². The Labute approximate surface area is 207 Å². The second kappa shape index (κ2) is 11.0. The Morgan fingerprint density at radius 2 is 1.91 bits per heavy atom. The van der Waals surface area contributed by atoms with Crippen LogP contribution in [0.15, 0.2) is 47.0 Å². The van der Waals surface area contributed by atoms with Crippen LogP contribution in [0.25, 0.3) is 11.4 Å². The quantitative estimate of drug-likeness (QED) is 0.450. The summed E-state index contributed by atoms with van der Waals surface area (Å²) >= 11 is 12.5. The molecule has 3 aromatic rings. The minimum atomic E-state index is -0.449. The van der Waals surface area contributed by atoms with Crippen molar-refractivity contribution in [1.82, 2.24) is 15.0 Å². The Morgan fingerprint density at radius 1 is 1.15 bits per heavy atom. The van der Waals surface area contributed by atoms with E-state index in [1.54, 1.807) is 25.1 Å². The maximum atomic E-state index is 12.8. The van der Waals surface area contributed by atoms with Gasteiger partial charge in [-0.25, -0.2) is 4.79 Å². The summed E-state index contributed by atoms with van der Waals surface area (Å²) in [5, 5.41) is 7.77. The summed E-state index contributed by atoms with van der Waals surface area (Å²) in [6.45, 7) is 3.96. The molecule has 10 heteroatoms. The van der Waals surface area contributed by atoms with Crippen molar-refractivity contribution >= 4 is 40.8 Å². The molecule has 0 unspecified atom stereocenters. The van der Waals surface area contributed by atoms with Gasteiger partial charge >= 0.3 is 5.97 Å². The minimum Gasteiger partial charge on any atom is -0.462 e. The molecule has 0 atom stereocenters. The number of esters is 1. The van der Waals surface area contributed by atoms with Crippen molar-refractivity contribution in [3.63, 3.8) is 0 Å². The van der Waals surface area contributed by atoms with E-state index in [0.717, 1.165) is 18.7 Å². The lowest BCUT2D eigenvalue weighted by atomic mass is 9.96. The molecule has 0 saturated carbocycles. The van der Waals surface area contributed by atoms with Gasteiger partial charge in [0.15, 0.2) is 0 Å². The number of likely N-dealkylation sites (tertiary alicyclic amines) is 1. The zero-order valence-electron chi connectivity index (χ0n) is 18.6. The third-order valence-electron chi connectivity index (χ3n) is 5.64. The molecule has 4 rings (SSSR count). The van der Waals surface area contributed by atoms with Gasteiger partial charge in [-0.3, -0.25) is 9.69 Å². The maximum absolute atomic E-state index is 12.8. The van der Waals surface area contributed by atoms with Crippen LogP contribution in [-0.2, 0) is 16.1 Å². The van der Waals surface area contributed by atoms with Crippen molar-refractivity contribution < 1.29 is 18.8 Å². The molecule has 2 aromatic carbocycles. The van der Waals surface area contributed by atoms with E-state index in [1.807, 2.05) is 18.2 Å². The summed E-state index contributed by atoms with van der Waals surface area (Å²) in [6.07, 6.45) is 1.38. The molecule has 0 bridgehead atoms. The Morgan fingerprint density at radius 3 is 2.62 bits per heavy atom. The number of nitrogens with zero attached hydrogens (tertiary/aromatic N) is 3. The fraction of sp³-hybridized carbons (Fsp3) is 0.333. The smallest absolute Gasteiger partial charge is 0.338 e. The molecule has 1 fully saturated rings. The SMILES string of the molecule is CCOC(=O)c1ccc(NC(=O)C2CCN(Cc3nc(-c4ccccc4Cl)no3)CC2)c(Cl)c1. The van der Waals surface area contributed by atoms with Gasteiger partial charge < -0.3 is 14.6 Å². The number of carbonyl (C=O) groups is 2. The number of hydrogen-bond donors (Lipinski definition) is 1. The Kier molecular flexibility index (Phi) is 7.82. The van der Waals surface area contributed by atoms with Gasteiger partial charge in [-0.15, -0.1) is 0 Å². The fourth-order valence-corrected chi connectivity index (χ4v) is 4.26. The molecule has 1 aliphatic heterocycles. The number of carbonyl (C=O) groups excluding carboxylic acids is 2. The summed E-state index contributed by atoms with van der Waals surface area (Å²) in [5.74, 6) is 0.282. The second-order valence-corrected chi connectivity index (χ2v) is 8.76. The summed E-state index contributed by atoms with van der Waals surface area (Å²) in [4.78, 5) is 31.2. The highest BCUT2D eigenvalue weighted by molar-refractivity contribution is 6.34. The second-order valence-electron chi connectivity index (χ2n) is 7.95. The summed E-state index contributed by atoms with van der Waals surface area (Å²) in [7, 11) is 0. The molecule has 8 nitrogen and oxygen atoms in total. The predicted molar refractivity (Wildman–Crippen MR) is 129 cm³/mol. The van der Waals surface area contributed by atoms with Crippen molar-refractivity contribution in [3.8, 4) is 11.4 Å². The van der Waals surface area contributed by atoms with E-state index < -0.39 is 5.97 Å². The van der Waals surface area contributed by atoms with E-state index in [9.17, 15) is 9.59 Å². The molecular formula is C24H24Cl2N4O4. The van der Waals surface area contributed by atoms with Crippen LogP contribution in [0.4, 0.5) is 5.69 Å². The van der Waals surface area contributed by atoms with Crippen LogP contribution >= 0.6 is 23.2 Å². The molecule has 1 aromatic heterocycles. The number of nitrogens with one attached hydrogen (secondary N) is 1. The maximum Gasteiger partial charge on any atom is 0.338 e. The number of anilines is 1. The van der Waals surface area contributed by atoms with Crippen LogP contribution in [0.3, 0.4) is 0 Å². The van der Waals surface area contributed by atoms with Crippen LogP contribution in [0.5, 0.6) is 0 Å². The lowest BCUT2D eigenvalue weighted by Gasteiger charge is -2.30. The first-order valence-corrected chi connectivity index (χ1v) is 11.8. The number of benzene rings is 2. The highest BCUT2D eigenvalue weighted by Gasteiger charge is 2.26. The van der Waals surface area contributed by atoms with Crippen LogP contribution in [0, 0.1) is 5.92 Å². The van der Waals surface area contributed by atoms with Crippen LogP contribution in [0.1, 0.15) is 36.0 Å². The number of rotatable bonds is 7. The standard InChI is InChI=1S/C24H24Cl2N4O4/c1-2-33-24(32)16-7-8-20(19(26)13-16)27-23(31)15-9-11-30(12-10-15)14-21-28-22(29-34-21)17-5-3-4-6-18(17)25/h3-8,13,15H,2,9-12,14H2,1H3,(H,27,31). The zero-order valence-corrected chi connectivity index (χ0v) is 20.1. The first-order chi connectivity index (χ1) is 16.4. The molecule has 1 aliphatic rings. The lowest BCUT2D eigenvalue weighted by molar-refractivity contribution is -0.121. The molecule has 0 spiro atoms. The first kappa shape index (κ1) is 24.2. The largest absolute Gasteiger partial charge is 0.462 e. The van der Waals surface area contributed by atoms with Crippen molar-refractivity contribution in [2.45, 2.75) is 26.3 Å². The third-order valence-corrected chi connectivity index (χ3v) is 6.28. The highest BCUT2D eigenvalue weighted by Crippen LogP contribution is 2.27. The Bertz CT molecular complexity index is 1180. The van der Waals surface area contributed by atoms with E-state index in [2.05, 4.69) is 20.4 Å². The third kappa shape index (κ3) is 5.75. The van der Waals surface area contributed by atoms with Crippen LogP contribution in [0.2, 0.25) is 10.0 Å². The lowest BCUT2D eigenvalue weighted by Crippen LogP contribution is -2.37. The molecule has 1 saturated heterocycles. The van der Waals surface area contributed by atoms with Crippen molar-refractivity contribution in [3.05, 3.63) is 64.0 Å². The van der Waals surface area contributed by atoms with Gasteiger partial charge in [-0.2, -0.15) is 4.98 Å². The summed E-state index contributed by atoms with van der Waals surface area (Å²) in [5.41, 5.74) is 1.54. The van der Waals surface area contributed by atoms with Crippen molar-refractivity contribution in [2.24, 2.45) is 5.92 Å². The minimum absolute atomic E-state index is 0.0933. The average Bonchev–Trinajstić information content (AvgIpc) is 3.29. The zero-order chi connectivity index (χ0) is 24.1.